The van der Waals surface area contributed by atoms with Crippen LogP contribution in [-0.2, 0) is 20.7 Å². The average molecular weight is 406 g/mol. The quantitative estimate of drug-likeness (QED) is 0.680. The fourth-order valence-corrected chi connectivity index (χ4v) is 2.81. The number of halogens is 3. The molecule has 0 saturated carbocycles. The van der Waals surface area contributed by atoms with E-state index in [0.717, 1.165) is 10.7 Å². The number of rotatable bonds is 6. The molecule has 0 aliphatic heterocycles. The minimum atomic E-state index is -3.70. The second-order valence-electron chi connectivity index (χ2n) is 4.94. The zero-order valence-electron chi connectivity index (χ0n) is 12.1. The molecule has 0 spiro atoms. The van der Waals surface area contributed by atoms with Gasteiger partial charge in [-0.15, -0.1) is 0 Å². The summed E-state index contributed by atoms with van der Waals surface area (Å²) < 4.78 is 53.9. The van der Waals surface area contributed by atoms with Gasteiger partial charge in [0.05, 0.1) is 11.9 Å². The van der Waals surface area contributed by atoms with E-state index in [4.69, 9.17) is 4.18 Å². The SMILES string of the molecule is CS(=O)(=O)OC(Cc1ccc(C(F)F)cc1)c1ccc(Br)cn1. The molecule has 0 N–H and O–H groups in total. The third-order valence-corrected chi connectivity index (χ3v) is 4.07. The number of pyridine rings is 1. The lowest BCUT2D eigenvalue weighted by atomic mass is 10.0. The van der Waals surface area contributed by atoms with Crippen molar-refractivity contribution in [3.05, 3.63) is 63.9 Å². The normalized spacial score (nSPS) is 13.3. The first-order valence-electron chi connectivity index (χ1n) is 6.61. The Kier molecular flexibility index (Phi) is 5.83. The fraction of sp³-hybridized carbons (Fsp3) is 0.267. The summed E-state index contributed by atoms with van der Waals surface area (Å²) in [7, 11) is -3.70. The van der Waals surface area contributed by atoms with Gasteiger partial charge >= 0.3 is 0 Å². The molecule has 2 aromatic rings. The van der Waals surface area contributed by atoms with Crippen molar-refractivity contribution in [3.8, 4) is 0 Å². The second kappa shape index (κ2) is 7.46. The molecule has 0 aliphatic rings. The van der Waals surface area contributed by atoms with Gasteiger partial charge in [0.15, 0.2) is 0 Å². The number of alkyl halides is 2. The molecule has 23 heavy (non-hydrogen) atoms. The van der Waals surface area contributed by atoms with Gasteiger partial charge in [0.2, 0.25) is 0 Å². The lowest BCUT2D eigenvalue weighted by Crippen LogP contribution is -2.14. The summed E-state index contributed by atoms with van der Waals surface area (Å²) in [5, 5.41) is 0. The molecule has 0 fully saturated rings. The number of hydrogen-bond donors (Lipinski definition) is 0. The van der Waals surface area contributed by atoms with Crippen molar-refractivity contribution in [2.24, 2.45) is 0 Å². The van der Waals surface area contributed by atoms with Crippen LogP contribution in [0.2, 0.25) is 0 Å². The van der Waals surface area contributed by atoms with Crippen molar-refractivity contribution in [1.82, 2.24) is 4.98 Å². The zero-order valence-corrected chi connectivity index (χ0v) is 14.5. The van der Waals surface area contributed by atoms with Crippen molar-refractivity contribution in [2.45, 2.75) is 19.0 Å². The molecule has 4 nitrogen and oxygen atoms in total. The van der Waals surface area contributed by atoms with Gasteiger partial charge in [-0.05, 0) is 33.6 Å². The van der Waals surface area contributed by atoms with E-state index in [2.05, 4.69) is 20.9 Å². The summed E-state index contributed by atoms with van der Waals surface area (Å²) >= 11 is 3.25. The predicted octanol–water partition coefficient (Wildman–Crippen LogP) is 4.04. The van der Waals surface area contributed by atoms with E-state index in [-0.39, 0.29) is 12.0 Å². The van der Waals surface area contributed by atoms with Gasteiger partial charge in [-0.25, -0.2) is 8.78 Å². The number of hydrogen-bond acceptors (Lipinski definition) is 4. The Hall–Kier alpha value is -1.38. The molecular weight excluding hydrogens is 392 g/mol. The van der Waals surface area contributed by atoms with Crippen LogP contribution in [-0.4, -0.2) is 19.7 Å². The Bertz CT molecular complexity index is 749. The van der Waals surface area contributed by atoms with Crippen LogP contribution in [0.15, 0.2) is 47.1 Å². The van der Waals surface area contributed by atoms with E-state index < -0.39 is 22.6 Å². The summed E-state index contributed by atoms with van der Waals surface area (Å²) in [4.78, 5) is 4.15. The van der Waals surface area contributed by atoms with Gasteiger partial charge in [-0.2, -0.15) is 8.42 Å². The van der Waals surface area contributed by atoms with Crippen LogP contribution in [0, 0.1) is 0 Å². The van der Waals surface area contributed by atoms with E-state index in [1.54, 1.807) is 12.1 Å². The molecule has 1 atom stereocenters. The molecule has 8 heteroatoms. The van der Waals surface area contributed by atoms with Gasteiger partial charge in [-0.3, -0.25) is 9.17 Å². The standard InChI is InChI=1S/C15H14BrF2NO3S/c1-23(20,21)22-14(13-7-6-12(16)9-19-13)8-10-2-4-11(5-3-10)15(17)18/h2-7,9,14-15H,8H2,1H3. The van der Waals surface area contributed by atoms with Gasteiger partial charge in [-0.1, -0.05) is 24.3 Å². The topological polar surface area (TPSA) is 56.3 Å². The van der Waals surface area contributed by atoms with Crippen molar-refractivity contribution < 1.29 is 21.4 Å². The number of benzene rings is 1. The van der Waals surface area contributed by atoms with E-state index in [1.807, 2.05) is 0 Å². The third-order valence-electron chi connectivity index (χ3n) is 3.02. The zero-order chi connectivity index (χ0) is 17.0. The number of nitrogens with zero attached hydrogens (tertiary/aromatic N) is 1. The maximum absolute atomic E-state index is 12.6. The van der Waals surface area contributed by atoms with E-state index >= 15 is 0 Å². The van der Waals surface area contributed by atoms with Crippen LogP contribution in [0.5, 0.6) is 0 Å². The van der Waals surface area contributed by atoms with Crippen molar-refractivity contribution in [2.75, 3.05) is 6.26 Å². The highest BCUT2D eigenvalue weighted by Crippen LogP contribution is 2.25. The van der Waals surface area contributed by atoms with Crippen LogP contribution in [0.4, 0.5) is 8.78 Å². The molecule has 1 unspecified atom stereocenters. The van der Waals surface area contributed by atoms with Gasteiger partial charge in [0, 0.05) is 22.7 Å². The third kappa shape index (κ3) is 5.63. The van der Waals surface area contributed by atoms with E-state index in [9.17, 15) is 17.2 Å². The summed E-state index contributed by atoms with van der Waals surface area (Å²) in [6, 6.07) is 9.05. The Labute approximate surface area is 141 Å². The smallest absolute Gasteiger partial charge is 0.260 e. The highest BCUT2D eigenvalue weighted by molar-refractivity contribution is 9.10. The van der Waals surface area contributed by atoms with Crippen molar-refractivity contribution >= 4 is 26.0 Å². The molecule has 0 amide bonds. The van der Waals surface area contributed by atoms with Crippen LogP contribution in [0.1, 0.15) is 29.4 Å². The minimum Gasteiger partial charge on any atom is -0.260 e. The summed E-state index contributed by atoms with van der Waals surface area (Å²) in [6.45, 7) is 0. The molecule has 2 rings (SSSR count). The highest BCUT2D eigenvalue weighted by Gasteiger charge is 2.20. The van der Waals surface area contributed by atoms with Gasteiger partial charge in [0.1, 0.15) is 6.10 Å². The molecule has 0 aliphatic carbocycles. The molecule has 0 radical (unpaired) electrons. The second-order valence-corrected chi connectivity index (χ2v) is 7.45. The largest absolute Gasteiger partial charge is 0.265 e. The maximum Gasteiger partial charge on any atom is 0.265 e. The lowest BCUT2D eigenvalue weighted by molar-refractivity contribution is 0.151. The monoisotopic (exact) mass is 405 g/mol. The fourth-order valence-electron chi connectivity index (χ4n) is 1.99. The van der Waals surface area contributed by atoms with Crippen molar-refractivity contribution in [1.29, 1.82) is 0 Å². The maximum atomic E-state index is 12.6. The molecule has 1 aromatic heterocycles. The molecular formula is C15H14BrF2NO3S. The Morgan fingerprint density at radius 2 is 1.83 bits per heavy atom. The van der Waals surface area contributed by atoms with Gasteiger partial charge < -0.3 is 0 Å². The average Bonchev–Trinajstić information content (AvgIpc) is 2.46. The summed E-state index contributed by atoms with van der Waals surface area (Å²) in [6.07, 6.45) is -0.673. The minimum absolute atomic E-state index is 0.0869. The Morgan fingerprint density at radius 1 is 1.17 bits per heavy atom. The van der Waals surface area contributed by atoms with Crippen molar-refractivity contribution in [3.63, 3.8) is 0 Å². The molecule has 124 valence electrons. The van der Waals surface area contributed by atoms with Crippen LogP contribution < -0.4 is 0 Å². The summed E-state index contributed by atoms with van der Waals surface area (Å²) in [5.41, 5.74) is 1.03. The predicted molar refractivity (Wildman–Crippen MR) is 85.7 cm³/mol. The first kappa shape index (κ1) is 18.0. The molecule has 1 aromatic carbocycles. The van der Waals surface area contributed by atoms with Gasteiger partial charge in [0.25, 0.3) is 16.5 Å². The highest BCUT2D eigenvalue weighted by atomic mass is 79.9. The first-order valence-corrected chi connectivity index (χ1v) is 9.22. The van der Waals surface area contributed by atoms with Crippen LogP contribution in [0.3, 0.4) is 0 Å². The first-order chi connectivity index (χ1) is 10.7. The molecule has 0 bridgehead atoms. The molecule has 0 saturated heterocycles. The summed E-state index contributed by atoms with van der Waals surface area (Å²) in [5.74, 6) is 0. The number of aromatic nitrogens is 1. The van der Waals surface area contributed by atoms with Crippen LogP contribution >= 0.6 is 15.9 Å². The van der Waals surface area contributed by atoms with E-state index in [0.29, 0.717) is 11.3 Å². The lowest BCUT2D eigenvalue weighted by Gasteiger charge is -2.16. The van der Waals surface area contributed by atoms with Crippen LogP contribution in [0.25, 0.3) is 0 Å². The van der Waals surface area contributed by atoms with E-state index in [1.165, 1.54) is 30.5 Å². The Balaban J connectivity index is 2.25. The Morgan fingerprint density at radius 3 is 2.30 bits per heavy atom. The molecule has 1 heterocycles.